The molecule has 3 nitrogen and oxygen atoms in total. The van der Waals surface area contributed by atoms with E-state index in [2.05, 4.69) is 35.1 Å². The van der Waals surface area contributed by atoms with E-state index in [1.165, 1.54) is 11.1 Å². The molecule has 94 valence electrons. The summed E-state index contributed by atoms with van der Waals surface area (Å²) < 4.78 is 0. The third-order valence-electron chi connectivity index (χ3n) is 2.96. The maximum Gasteiger partial charge on any atom is 0.132 e. The van der Waals surface area contributed by atoms with Gasteiger partial charge in [-0.15, -0.1) is 0 Å². The minimum absolute atomic E-state index is 0.516. The summed E-state index contributed by atoms with van der Waals surface area (Å²) in [5.74, 6) is 0.794. The van der Waals surface area contributed by atoms with Crippen molar-refractivity contribution in [1.82, 2.24) is 9.97 Å². The topological polar surface area (TPSA) is 46.0 Å². The van der Waals surface area contributed by atoms with Gasteiger partial charge in [0.25, 0.3) is 0 Å². The van der Waals surface area contributed by atoms with Gasteiger partial charge in [-0.2, -0.15) is 0 Å². The third kappa shape index (κ3) is 2.93. The molecule has 18 heavy (non-hydrogen) atoms. The van der Waals surface area contributed by atoms with Gasteiger partial charge in [0.1, 0.15) is 5.82 Å². The Bertz CT molecular complexity index is 550. The minimum Gasteiger partial charge on any atom is -0.389 e. The Labute approximate surface area is 108 Å². The summed E-state index contributed by atoms with van der Waals surface area (Å²) in [6.45, 7) is 5.71. The molecule has 0 amide bonds. The monoisotopic (exact) mass is 242 g/mol. The number of aryl methyl sites for hydroxylation is 2. The molecular formula is C15H18N2O. The fourth-order valence-corrected chi connectivity index (χ4v) is 2.02. The highest BCUT2D eigenvalue weighted by Gasteiger charge is 2.08. The zero-order chi connectivity index (χ0) is 13.1. The zero-order valence-corrected chi connectivity index (χ0v) is 11.0. The van der Waals surface area contributed by atoms with Crippen LogP contribution in [0.15, 0.2) is 30.5 Å². The van der Waals surface area contributed by atoms with Crippen molar-refractivity contribution in [3.8, 4) is 0 Å². The van der Waals surface area contributed by atoms with Crippen LogP contribution >= 0.6 is 0 Å². The van der Waals surface area contributed by atoms with Crippen molar-refractivity contribution in [2.45, 2.75) is 33.3 Å². The maximum atomic E-state index is 9.54. The van der Waals surface area contributed by atoms with Gasteiger partial charge < -0.3 is 5.11 Å². The van der Waals surface area contributed by atoms with E-state index >= 15 is 0 Å². The predicted molar refractivity (Wildman–Crippen MR) is 71.4 cm³/mol. The molecular weight excluding hydrogens is 224 g/mol. The molecule has 1 aromatic heterocycles. The first-order valence-corrected chi connectivity index (χ1v) is 6.12. The molecule has 1 unspecified atom stereocenters. The molecule has 0 radical (unpaired) electrons. The summed E-state index contributed by atoms with van der Waals surface area (Å²) in [5.41, 5.74) is 4.09. The van der Waals surface area contributed by atoms with Gasteiger partial charge in [0, 0.05) is 23.9 Å². The number of rotatable bonds is 3. The van der Waals surface area contributed by atoms with E-state index in [9.17, 15) is 5.11 Å². The Morgan fingerprint density at radius 1 is 1.28 bits per heavy atom. The Hall–Kier alpha value is -1.74. The smallest absolute Gasteiger partial charge is 0.132 e. The molecule has 0 bridgehead atoms. The van der Waals surface area contributed by atoms with E-state index < -0.39 is 6.10 Å². The molecule has 1 heterocycles. The fourth-order valence-electron chi connectivity index (χ4n) is 2.02. The highest BCUT2D eigenvalue weighted by atomic mass is 16.3. The fraction of sp³-hybridized carbons (Fsp3) is 0.333. The lowest BCUT2D eigenvalue weighted by molar-refractivity contribution is 0.197. The number of benzene rings is 1. The van der Waals surface area contributed by atoms with Gasteiger partial charge in [-0.1, -0.05) is 29.8 Å². The summed E-state index contributed by atoms with van der Waals surface area (Å²) in [6.07, 6.45) is 1.93. The SMILES string of the molecule is Cc1cccc(Cc2ncc(C(C)O)c(C)n2)c1. The first kappa shape index (κ1) is 12.7. The predicted octanol–water partition coefficient (Wildman–Crippen LogP) is 2.74. The Morgan fingerprint density at radius 2 is 2.06 bits per heavy atom. The second-order valence-electron chi connectivity index (χ2n) is 4.67. The summed E-state index contributed by atoms with van der Waals surface area (Å²) in [6, 6.07) is 8.34. The number of nitrogens with zero attached hydrogens (tertiary/aromatic N) is 2. The average Bonchev–Trinajstić information content (AvgIpc) is 2.28. The minimum atomic E-state index is -0.516. The summed E-state index contributed by atoms with van der Waals surface area (Å²) >= 11 is 0. The van der Waals surface area contributed by atoms with Crippen LogP contribution in [0.5, 0.6) is 0 Å². The van der Waals surface area contributed by atoms with Crippen molar-refractivity contribution in [3.05, 3.63) is 58.7 Å². The molecule has 0 aliphatic heterocycles. The Morgan fingerprint density at radius 3 is 2.67 bits per heavy atom. The van der Waals surface area contributed by atoms with Crippen LogP contribution in [0, 0.1) is 13.8 Å². The molecule has 0 fully saturated rings. The van der Waals surface area contributed by atoms with Gasteiger partial charge in [-0.25, -0.2) is 9.97 Å². The third-order valence-corrected chi connectivity index (χ3v) is 2.96. The van der Waals surface area contributed by atoms with Crippen LogP contribution in [0.3, 0.4) is 0 Å². The van der Waals surface area contributed by atoms with Crippen LogP contribution in [-0.2, 0) is 6.42 Å². The molecule has 0 aliphatic rings. The first-order valence-electron chi connectivity index (χ1n) is 6.12. The van der Waals surface area contributed by atoms with Crippen molar-refractivity contribution < 1.29 is 5.11 Å². The number of aliphatic hydroxyl groups excluding tert-OH is 1. The summed E-state index contributed by atoms with van der Waals surface area (Å²) in [4.78, 5) is 8.76. The maximum absolute atomic E-state index is 9.54. The lowest BCUT2D eigenvalue weighted by atomic mass is 10.1. The zero-order valence-electron chi connectivity index (χ0n) is 11.0. The lowest BCUT2D eigenvalue weighted by Crippen LogP contribution is -2.04. The van der Waals surface area contributed by atoms with Crippen molar-refractivity contribution in [3.63, 3.8) is 0 Å². The summed E-state index contributed by atoms with van der Waals surface area (Å²) in [7, 11) is 0. The van der Waals surface area contributed by atoms with Crippen LogP contribution in [0.25, 0.3) is 0 Å². The second-order valence-corrected chi connectivity index (χ2v) is 4.67. The number of aromatic nitrogens is 2. The standard InChI is InChI=1S/C15H18N2O/c1-10-5-4-6-13(7-10)8-15-16-9-14(12(3)18)11(2)17-15/h4-7,9,12,18H,8H2,1-3H3. The van der Waals surface area contributed by atoms with Crippen molar-refractivity contribution in [2.24, 2.45) is 0 Å². The number of aliphatic hydroxyl groups is 1. The van der Waals surface area contributed by atoms with E-state index in [4.69, 9.17) is 0 Å². The molecule has 2 rings (SSSR count). The molecule has 0 saturated carbocycles. The van der Waals surface area contributed by atoms with Gasteiger partial charge in [0.05, 0.1) is 6.10 Å². The van der Waals surface area contributed by atoms with Gasteiger partial charge in [-0.05, 0) is 26.3 Å². The van der Waals surface area contributed by atoms with E-state index in [1.807, 2.05) is 13.0 Å². The highest BCUT2D eigenvalue weighted by molar-refractivity contribution is 5.26. The van der Waals surface area contributed by atoms with E-state index in [1.54, 1.807) is 13.1 Å². The number of hydrogen-bond donors (Lipinski definition) is 1. The van der Waals surface area contributed by atoms with Crippen LogP contribution in [0.1, 0.15) is 41.2 Å². The largest absolute Gasteiger partial charge is 0.389 e. The Balaban J connectivity index is 2.23. The van der Waals surface area contributed by atoms with Gasteiger partial charge in [0.15, 0.2) is 0 Å². The van der Waals surface area contributed by atoms with Crippen molar-refractivity contribution in [1.29, 1.82) is 0 Å². The summed E-state index contributed by atoms with van der Waals surface area (Å²) in [5, 5.41) is 9.54. The van der Waals surface area contributed by atoms with Gasteiger partial charge in [-0.3, -0.25) is 0 Å². The van der Waals surface area contributed by atoms with Crippen LogP contribution in [0.4, 0.5) is 0 Å². The lowest BCUT2D eigenvalue weighted by Gasteiger charge is -2.09. The second kappa shape index (κ2) is 5.27. The molecule has 1 N–H and O–H groups in total. The molecule has 0 spiro atoms. The Kier molecular flexibility index (Phi) is 3.72. The number of hydrogen-bond acceptors (Lipinski definition) is 3. The van der Waals surface area contributed by atoms with E-state index in [0.717, 1.165) is 23.5 Å². The van der Waals surface area contributed by atoms with Crippen LogP contribution in [0.2, 0.25) is 0 Å². The van der Waals surface area contributed by atoms with Crippen LogP contribution in [-0.4, -0.2) is 15.1 Å². The van der Waals surface area contributed by atoms with Crippen molar-refractivity contribution in [2.75, 3.05) is 0 Å². The molecule has 1 atom stereocenters. The normalized spacial score (nSPS) is 12.4. The van der Waals surface area contributed by atoms with Crippen LogP contribution < -0.4 is 0 Å². The molecule has 2 aromatic rings. The van der Waals surface area contributed by atoms with Crippen molar-refractivity contribution >= 4 is 0 Å². The molecule has 1 aromatic carbocycles. The van der Waals surface area contributed by atoms with E-state index in [0.29, 0.717) is 0 Å². The molecule has 3 heteroatoms. The average molecular weight is 242 g/mol. The highest BCUT2D eigenvalue weighted by Crippen LogP contribution is 2.15. The van der Waals surface area contributed by atoms with Gasteiger partial charge in [0.2, 0.25) is 0 Å². The van der Waals surface area contributed by atoms with E-state index in [-0.39, 0.29) is 0 Å². The first-order chi connectivity index (χ1) is 8.56. The van der Waals surface area contributed by atoms with Gasteiger partial charge >= 0.3 is 0 Å². The molecule has 0 saturated heterocycles. The molecule has 0 aliphatic carbocycles. The quantitative estimate of drug-likeness (QED) is 0.900.